The van der Waals surface area contributed by atoms with Gasteiger partial charge in [-0.15, -0.1) is 0 Å². The zero-order valence-corrected chi connectivity index (χ0v) is 13.6. The van der Waals surface area contributed by atoms with Crippen molar-refractivity contribution < 1.29 is 9.18 Å². The number of nitrogens with two attached hydrogens (primary N) is 1. The normalized spacial score (nSPS) is 10.8. The van der Waals surface area contributed by atoms with E-state index in [1.165, 1.54) is 12.1 Å². The van der Waals surface area contributed by atoms with Gasteiger partial charge >= 0.3 is 0 Å². The van der Waals surface area contributed by atoms with Crippen molar-refractivity contribution in [1.29, 1.82) is 0 Å². The molecule has 4 N–H and O–H groups in total. The molecule has 0 radical (unpaired) electrons. The molecule has 1 aromatic rings. The molecule has 0 saturated carbocycles. The van der Waals surface area contributed by atoms with Gasteiger partial charge in [-0.05, 0) is 52.9 Å². The maximum Gasteiger partial charge on any atom is 0.242 e. The van der Waals surface area contributed by atoms with Gasteiger partial charge in [-0.1, -0.05) is 27.7 Å². The van der Waals surface area contributed by atoms with Gasteiger partial charge in [0.05, 0.1) is 6.42 Å². The lowest BCUT2D eigenvalue weighted by atomic mass is 9.87. The Hall–Kier alpha value is -1.69. The fourth-order valence-corrected chi connectivity index (χ4v) is 2.30. The summed E-state index contributed by atoms with van der Waals surface area (Å²) < 4.78 is 13.8. The lowest BCUT2D eigenvalue weighted by Gasteiger charge is -2.20. The number of thiocarbonyl (C=S) groups is 1. The third-order valence-electron chi connectivity index (χ3n) is 3.19. The number of nitrogens with one attached hydrogen (secondary N) is 2. The summed E-state index contributed by atoms with van der Waals surface area (Å²) in [4.78, 5) is 12.0. The molecule has 0 atom stereocenters. The first-order valence-corrected chi connectivity index (χ1v) is 7.29. The van der Waals surface area contributed by atoms with Crippen molar-refractivity contribution >= 4 is 23.2 Å². The lowest BCUT2D eigenvalue weighted by molar-refractivity contribution is -0.121. The van der Waals surface area contributed by atoms with E-state index in [-0.39, 0.29) is 35.1 Å². The van der Waals surface area contributed by atoms with Crippen molar-refractivity contribution in [2.24, 2.45) is 5.73 Å². The minimum atomic E-state index is -0.271. The van der Waals surface area contributed by atoms with Gasteiger partial charge in [0.2, 0.25) is 5.91 Å². The van der Waals surface area contributed by atoms with Gasteiger partial charge in [0.15, 0.2) is 5.11 Å². The Kier molecular flexibility index (Phi) is 6.08. The van der Waals surface area contributed by atoms with Crippen LogP contribution in [-0.4, -0.2) is 11.0 Å². The second-order valence-electron chi connectivity index (χ2n) is 5.59. The van der Waals surface area contributed by atoms with Crippen LogP contribution in [-0.2, 0) is 11.2 Å². The molecule has 0 bridgehead atoms. The molecule has 6 heteroatoms. The molecule has 21 heavy (non-hydrogen) atoms. The third kappa shape index (κ3) is 4.97. The zero-order chi connectivity index (χ0) is 16.2. The third-order valence-corrected chi connectivity index (χ3v) is 3.29. The van der Waals surface area contributed by atoms with Crippen molar-refractivity contribution in [3.8, 4) is 0 Å². The molecule has 4 nitrogen and oxygen atoms in total. The van der Waals surface area contributed by atoms with E-state index in [1.807, 2.05) is 27.7 Å². The van der Waals surface area contributed by atoms with Gasteiger partial charge in [-0.3, -0.25) is 15.6 Å². The molecule has 0 aromatic heterocycles. The largest absolute Gasteiger partial charge is 0.375 e. The highest BCUT2D eigenvalue weighted by Gasteiger charge is 2.18. The molecule has 0 spiro atoms. The van der Waals surface area contributed by atoms with E-state index in [2.05, 4.69) is 23.1 Å². The minimum absolute atomic E-state index is 0.00405. The number of hydrazine groups is 1. The van der Waals surface area contributed by atoms with E-state index in [0.29, 0.717) is 0 Å². The van der Waals surface area contributed by atoms with Gasteiger partial charge in [0.1, 0.15) is 5.82 Å². The first-order valence-electron chi connectivity index (χ1n) is 6.88. The molecule has 1 rings (SSSR count). The number of hydrogen-bond acceptors (Lipinski definition) is 2. The van der Waals surface area contributed by atoms with E-state index in [0.717, 1.165) is 16.7 Å². The summed E-state index contributed by atoms with van der Waals surface area (Å²) in [6.07, 6.45) is 0.150. The Labute approximate surface area is 130 Å². The average Bonchev–Trinajstić information content (AvgIpc) is 2.37. The molecule has 0 aliphatic rings. The quantitative estimate of drug-likeness (QED) is 0.590. The van der Waals surface area contributed by atoms with Crippen LogP contribution in [0.3, 0.4) is 0 Å². The maximum atomic E-state index is 13.8. The molecule has 116 valence electrons. The molecular formula is C15H22FN3OS. The topological polar surface area (TPSA) is 67.2 Å². The average molecular weight is 311 g/mol. The van der Waals surface area contributed by atoms with E-state index >= 15 is 0 Å². The van der Waals surface area contributed by atoms with Gasteiger partial charge < -0.3 is 5.73 Å². The van der Waals surface area contributed by atoms with Crippen molar-refractivity contribution in [2.45, 2.75) is 46.0 Å². The Morgan fingerprint density at radius 3 is 2.05 bits per heavy atom. The number of carbonyl (C=O) groups excluding carboxylic acids is 1. The van der Waals surface area contributed by atoms with Crippen molar-refractivity contribution in [3.05, 3.63) is 34.6 Å². The van der Waals surface area contributed by atoms with Crippen LogP contribution in [0.25, 0.3) is 0 Å². The highest BCUT2D eigenvalue weighted by molar-refractivity contribution is 7.80. The van der Waals surface area contributed by atoms with E-state index in [4.69, 9.17) is 5.73 Å². The molecule has 0 unspecified atom stereocenters. The van der Waals surface area contributed by atoms with Crippen LogP contribution in [0.2, 0.25) is 0 Å². The predicted octanol–water partition coefficient (Wildman–Crippen LogP) is 2.48. The molecule has 1 amide bonds. The van der Waals surface area contributed by atoms with Crippen LogP contribution in [0.5, 0.6) is 0 Å². The fourth-order valence-electron chi connectivity index (χ4n) is 2.25. The second kappa shape index (κ2) is 7.36. The highest BCUT2D eigenvalue weighted by atomic mass is 32.1. The molecule has 0 fully saturated rings. The van der Waals surface area contributed by atoms with Crippen LogP contribution < -0.4 is 16.6 Å². The number of halogens is 1. The standard InChI is InChI=1S/C15H22FN3OS/c1-8(2)11-5-10(16)6-12(9(3)4)13(11)7-14(20)18-19-15(17)21/h5-6,8-9H,7H2,1-4H3,(H,18,20)(H3,17,19,21). The van der Waals surface area contributed by atoms with Crippen LogP contribution in [0, 0.1) is 5.82 Å². The molecular weight excluding hydrogens is 289 g/mol. The maximum absolute atomic E-state index is 13.8. The fraction of sp³-hybridized carbons (Fsp3) is 0.467. The number of benzene rings is 1. The summed E-state index contributed by atoms with van der Waals surface area (Å²) >= 11 is 4.63. The monoisotopic (exact) mass is 311 g/mol. The summed E-state index contributed by atoms with van der Waals surface area (Å²) in [7, 11) is 0. The lowest BCUT2D eigenvalue weighted by Crippen LogP contribution is -2.45. The van der Waals surface area contributed by atoms with Crippen molar-refractivity contribution in [3.63, 3.8) is 0 Å². The number of carbonyl (C=O) groups is 1. The summed E-state index contributed by atoms with van der Waals surface area (Å²) in [5, 5.41) is -0.00405. The van der Waals surface area contributed by atoms with Crippen LogP contribution >= 0.6 is 12.2 Å². The second-order valence-corrected chi connectivity index (χ2v) is 6.03. The van der Waals surface area contributed by atoms with E-state index in [9.17, 15) is 9.18 Å². The molecule has 0 aliphatic heterocycles. The molecule has 0 heterocycles. The molecule has 0 saturated heterocycles. The van der Waals surface area contributed by atoms with E-state index < -0.39 is 0 Å². The molecule has 0 aliphatic carbocycles. The van der Waals surface area contributed by atoms with Crippen molar-refractivity contribution in [2.75, 3.05) is 0 Å². The Balaban J connectivity index is 3.13. The number of rotatable bonds is 4. The minimum Gasteiger partial charge on any atom is -0.375 e. The Morgan fingerprint density at radius 2 is 1.67 bits per heavy atom. The summed E-state index contributed by atoms with van der Waals surface area (Å²) in [6.45, 7) is 7.92. The SMILES string of the molecule is CC(C)c1cc(F)cc(C(C)C)c1CC(=O)NNC(N)=S. The first kappa shape index (κ1) is 17.4. The van der Waals surface area contributed by atoms with Crippen molar-refractivity contribution in [1.82, 2.24) is 10.9 Å². The smallest absolute Gasteiger partial charge is 0.242 e. The number of amides is 1. The summed E-state index contributed by atoms with van der Waals surface area (Å²) in [5.74, 6) is -0.278. The van der Waals surface area contributed by atoms with Gasteiger partial charge in [0.25, 0.3) is 0 Å². The van der Waals surface area contributed by atoms with Crippen LogP contribution in [0.4, 0.5) is 4.39 Å². The van der Waals surface area contributed by atoms with Gasteiger partial charge in [0, 0.05) is 0 Å². The van der Waals surface area contributed by atoms with E-state index in [1.54, 1.807) is 0 Å². The first-order chi connectivity index (χ1) is 9.72. The zero-order valence-electron chi connectivity index (χ0n) is 12.8. The highest BCUT2D eigenvalue weighted by Crippen LogP contribution is 2.29. The predicted molar refractivity (Wildman–Crippen MR) is 86.3 cm³/mol. The van der Waals surface area contributed by atoms with Crippen LogP contribution in [0.1, 0.15) is 56.2 Å². The Morgan fingerprint density at radius 1 is 1.19 bits per heavy atom. The van der Waals surface area contributed by atoms with Crippen LogP contribution in [0.15, 0.2) is 12.1 Å². The summed E-state index contributed by atoms with van der Waals surface area (Å²) in [5.41, 5.74) is 12.7. The summed E-state index contributed by atoms with van der Waals surface area (Å²) in [6, 6.07) is 3.00. The van der Waals surface area contributed by atoms with Gasteiger partial charge in [-0.25, -0.2) is 4.39 Å². The Bertz CT molecular complexity index is 515. The number of hydrogen-bond donors (Lipinski definition) is 3. The molecule has 1 aromatic carbocycles. The van der Waals surface area contributed by atoms with Gasteiger partial charge in [-0.2, -0.15) is 0 Å².